The van der Waals surface area contributed by atoms with Gasteiger partial charge in [0.2, 0.25) is 0 Å². The van der Waals surface area contributed by atoms with Crippen LogP contribution in [-0.4, -0.2) is 25.1 Å². The van der Waals surface area contributed by atoms with Gasteiger partial charge in [0.25, 0.3) is 5.95 Å². The molecule has 12 heavy (non-hydrogen) atoms. The van der Waals surface area contributed by atoms with E-state index >= 15 is 0 Å². The van der Waals surface area contributed by atoms with Crippen molar-refractivity contribution in [2.75, 3.05) is 5.48 Å². The lowest BCUT2D eigenvalue weighted by molar-refractivity contribution is 0.383. The van der Waals surface area contributed by atoms with Crippen LogP contribution in [0.4, 0.5) is 5.95 Å². The molecular weight excluding hydrogens is 182 g/mol. The Morgan fingerprint density at radius 3 is 3.08 bits per heavy atom. The molecule has 3 N–H and O–H groups in total. The van der Waals surface area contributed by atoms with E-state index in [1.165, 1.54) is 6.33 Å². The van der Waals surface area contributed by atoms with Crippen molar-refractivity contribution in [2.45, 2.75) is 0 Å². The first-order valence-electron chi connectivity index (χ1n) is 3.08. The summed E-state index contributed by atoms with van der Waals surface area (Å²) in [4.78, 5) is 14.1. The fraction of sp³-hybridized carbons (Fsp3) is 0. The third-order valence-corrected chi connectivity index (χ3v) is 1.61. The highest BCUT2D eigenvalue weighted by Crippen LogP contribution is 2.17. The van der Waals surface area contributed by atoms with Gasteiger partial charge in [0.1, 0.15) is 5.52 Å². The average Bonchev–Trinajstić information content (AvgIpc) is 2.52. The van der Waals surface area contributed by atoms with Gasteiger partial charge < -0.3 is 4.98 Å². The molecule has 2 heterocycles. The van der Waals surface area contributed by atoms with E-state index in [0.29, 0.717) is 11.2 Å². The maximum atomic E-state index is 8.49. The molecule has 0 aliphatic rings. The summed E-state index contributed by atoms with van der Waals surface area (Å²) in [5, 5.41) is 8.70. The van der Waals surface area contributed by atoms with E-state index in [0.717, 1.165) is 0 Å². The molecule has 0 spiro atoms. The molecule has 62 valence electrons. The molecule has 0 bridgehead atoms. The summed E-state index contributed by atoms with van der Waals surface area (Å²) >= 11 is 5.71. The zero-order valence-corrected chi connectivity index (χ0v) is 6.50. The Morgan fingerprint density at radius 1 is 1.50 bits per heavy atom. The zero-order valence-electron chi connectivity index (χ0n) is 5.74. The molecule has 0 fully saturated rings. The molecule has 6 nitrogen and oxygen atoms in total. The molecule has 2 rings (SSSR count). The van der Waals surface area contributed by atoms with Crippen LogP contribution in [0.25, 0.3) is 11.2 Å². The molecule has 0 atom stereocenters. The quantitative estimate of drug-likeness (QED) is 0.452. The van der Waals surface area contributed by atoms with E-state index in [1.807, 2.05) is 0 Å². The third kappa shape index (κ3) is 0.973. The molecule has 0 amide bonds. The van der Waals surface area contributed by atoms with Crippen LogP contribution < -0.4 is 5.48 Å². The summed E-state index contributed by atoms with van der Waals surface area (Å²) in [6, 6.07) is 0. The molecule has 2 aromatic rings. The summed E-state index contributed by atoms with van der Waals surface area (Å²) in [5.74, 6) is 0.0274. The van der Waals surface area contributed by atoms with E-state index in [1.54, 1.807) is 5.48 Å². The Hall–Kier alpha value is -1.40. The summed E-state index contributed by atoms with van der Waals surface area (Å²) < 4.78 is 0. The molecule has 0 unspecified atom stereocenters. The smallest absolute Gasteiger partial charge is 0.250 e. The van der Waals surface area contributed by atoms with Gasteiger partial charge >= 0.3 is 0 Å². The van der Waals surface area contributed by atoms with Gasteiger partial charge in [0.05, 0.1) is 6.33 Å². The van der Waals surface area contributed by atoms with E-state index in [-0.39, 0.29) is 11.1 Å². The van der Waals surface area contributed by atoms with Crippen LogP contribution in [0.2, 0.25) is 5.15 Å². The molecule has 0 radical (unpaired) electrons. The molecule has 7 heteroatoms. The number of fused-ring (bicyclic) bond motifs is 1. The minimum Gasteiger partial charge on any atom is -0.341 e. The predicted molar refractivity (Wildman–Crippen MR) is 42.1 cm³/mol. The zero-order chi connectivity index (χ0) is 8.55. The summed E-state index contributed by atoms with van der Waals surface area (Å²) in [6.45, 7) is 0. The van der Waals surface area contributed by atoms with Gasteiger partial charge in [0.15, 0.2) is 10.8 Å². The lowest BCUT2D eigenvalue weighted by Crippen LogP contribution is -1.97. The number of hydrogen-bond acceptors (Lipinski definition) is 5. The van der Waals surface area contributed by atoms with E-state index in [2.05, 4.69) is 19.9 Å². The third-order valence-electron chi connectivity index (χ3n) is 1.34. The highest BCUT2D eigenvalue weighted by Gasteiger charge is 2.06. The summed E-state index contributed by atoms with van der Waals surface area (Å²) in [7, 11) is 0. The Bertz CT molecular complexity index is 413. The molecule has 0 saturated carbocycles. The minimum absolute atomic E-state index is 0.0274. The van der Waals surface area contributed by atoms with Crippen molar-refractivity contribution in [1.82, 2.24) is 19.9 Å². The van der Waals surface area contributed by atoms with Crippen molar-refractivity contribution in [3.63, 3.8) is 0 Å². The van der Waals surface area contributed by atoms with Gasteiger partial charge in [-0.05, 0) is 0 Å². The van der Waals surface area contributed by atoms with Crippen LogP contribution in [0, 0.1) is 0 Å². The van der Waals surface area contributed by atoms with Gasteiger partial charge in [-0.3, -0.25) is 5.21 Å². The molecular formula is C5H4ClN5O. The van der Waals surface area contributed by atoms with Crippen molar-refractivity contribution in [2.24, 2.45) is 0 Å². The van der Waals surface area contributed by atoms with E-state index < -0.39 is 0 Å². The van der Waals surface area contributed by atoms with Gasteiger partial charge in [-0.15, -0.1) is 0 Å². The normalized spacial score (nSPS) is 10.5. The summed E-state index contributed by atoms with van der Waals surface area (Å²) in [5.41, 5.74) is 2.75. The lowest BCUT2D eigenvalue weighted by Gasteiger charge is -1.96. The van der Waals surface area contributed by atoms with Crippen LogP contribution in [0.1, 0.15) is 0 Å². The predicted octanol–water partition coefficient (Wildman–Crippen LogP) is 0.807. The Balaban J connectivity index is 2.75. The largest absolute Gasteiger partial charge is 0.341 e. The standard InChI is InChI=1S/C5H4ClN5O/c6-3-2-4(8-1-7-2)10-5(9-3)11-12/h1,12H,(H2,7,8,9,10,11). The van der Waals surface area contributed by atoms with E-state index in [9.17, 15) is 0 Å². The van der Waals surface area contributed by atoms with Crippen LogP contribution in [0.15, 0.2) is 6.33 Å². The first-order chi connectivity index (χ1) is 5.81. The molecule has 0 saturated heterocycles. The van der Waals surface area contributed by atoms with Gasteiger partial charge in [-0.2, -0.15) is 9.97 Å². The fourth-order valence-corrected chi connectivity index (χ4v) is 1.07. The fourth-order valence-electron chi connectivity index (χ4n) is 0.848. The minimum atomic E-state index is 0.0274. The second-order valence-corrected chi connectivity index (χ2v) is 2.41. The van der Waals surface area contributed by atoms with Crippen LogP contribution >= 0.6 is 11.6 Å². The van der Waals surface area contributed by atoms with Crippen LogP contribution in [0.5, 0.6) is 0 Å². The number of aromatic nitrogens is 4. The first-order valence-corrected chi connectivity index (χ1v) is 3.46. The SMILES string of the molecule is ONc1nc(Cl)c2[nH]cnc2n1. The number of nitrogens with zero attached hydrogens (tertiary/aromatic N) is 3. The molecule has 0 aliphatic heterocycles. The number of H-pyrrole nitrogens is 1. The number of hydrogen-bond donors (Lipinski definition) is 3. The number of nitrogens with one attached hydrogen (secondary N) is 2. The lowest BCUT2D eigenvalue weighted by atomic mass is 10.6. The number of rotatable bonds is 1. The topological polar surface area (TPSA) is 86.7 Å². The second-order valence-electron chi connectivity index (χ2n) is 2.05. The number of anilines is 1. The van der Waals surface area contributed by atoms with Gasteiger partial charge in [-0.25, -0.2) is 10.5 Å². The average molecular weight is 186 g/mol. The second kappa shape index (κ2) is 2.58. The Labute approximate surface area is 71.6 Å². The van der Waals surface area contributed by atoms with Crippen molar-refractivity contribution in [3.05, 3.63) is 11.5 Å². The number of halogens is 1. The molecule has 0 aliphatic carbocycles. The van der Waals surface area contributed by atoms with Gasteiger partial charge in [-0.1, -0.05) is 11.6 Å². The summed E-state index contributed by atoms with van der Waals surface area (Å²) in [6.07, 6.45) is 1.45. The highest BCUT2D eigenvalue weighted by molar-refractivity contribution is 6.33. The highest BCUT2D eigenvalue weighted by atomic mass is 35.5. The maximum Gasteiger partial charge on any atom is 0.250 e. The van der Waals surface area contributed by atoms with Crippen molar-refractivity contribution in [3.8, 4) is 0 Å². The van der Waals surface area contributed by atoms with E-state index in [4.69, 9.17) is 16.8 Å². The maximum absolute atomic E-state index is 8.49. The monoisotopic (exact) mass is 185 g/mol. The number of imidazole rings is 1. The van der Waals surface area contributed by atoms with Crippen LogP contribution in [0.3, 0.4) is 0 Å². The first kappa shape index (κ1) is 7.26. The van der Waals surface area contributed by atoms with Crippen molar-refractivity contribution < 1.29 is 5.21 Å². The Kier molecular flexibility index (Phi) is 1.56. The van der Waals surface area contributed by atoms with Crippen molar-refractivity contribution >= 4 is 28.7 Å². The van der Waals surface area contributed by atoms with Crippen molar-refractivity contribution in [1.29, 1.82) is 0 Å². The molecule has 2 aromatic heterocycles. The number of aromatic amines is 1. The van der Waals surface area contributed by atoms with Crippen LogP contribution in [-0.2, 0) is 0 Å². The van der Waals surface area contributed by atoms with Gasteiger partial charge in [0, 0.05) is 0 Å². The Morgan fingerprint density at radius 2 is 2.33 bits per heavy atom. The molecule has 0 aromatic carbocycles.